The van der Waals surface area contributed by atoms with Crippen molar-refractivity contribution < 1.29 is 28.9 Å². The number of amides is 2. The average molecular weight is 582 g/mol. The van der Waals surface area contributed by atoms with Crippen molar-refractivity contribution in [1.82, 2.24) is 4.90 Å². The third-order valence-corrected chi connectivity index (χ3v) is 8.77. The molecule has 0 aliphatic carbocycles. The van der Waals surface area contributed by atoms with E-state index in [-0.39, 0.29) is 37.2 Å². The molecule has 7 nitrogen and oxygen atoms in total. The lowest BCUT2D eigenvalue weighted by Crippen LogP contribution is -2.31. The summed E-state index contributed by atoms with van der Waals surface area (Å²) in [6.45, 7) is 0.180. The van der Waals surface area contributed by atoms with Crippen LogP contribution in [0.15, 0.2) is 102 Å². The zero-order chi connectivity index (χ0) is 29.1. The summed E-state index contributed by atoms with van der Waals surface area (Å²) < 4.78 is 18.5. The number of hydrogen-bond acceptors (Lipinski definition) is 7. The lowest BCUT2D eigenvalue weighted by molar-refractivity contribution is -0.245. The van der Waals surface area contributed by atoms with Crippen molar-refractivity contribution in [3.05, 3.63) is 130 Å². The first-order chi connectivity index (χ1) is 20.5. The van der Waals surface area contributed by atoms with Gasteiger partial charge in [-0.3, -0.25) is 14.5 Å². The second kappa shape index (κ2) is 12.5. The van der Waals surface area contributed by atoms with E-state index in [0.717, 1.165) is 32.9 Å². The molecule has 0 bridgehead atoms. The second-order valence-corrected chi connectivity index (χ2v) is 11.4. The molecule has 4 aromatic rings. The summed E-state index contributed by atoms with van der Waals surface area (Å²) in [5.74, 6) is 0.993. The fourth-order valence-electron chi connectivity index (χ4n) is 5.29. The number of hydrogen-bond donors (Lipinski definition) is 1. The van der Waals surface area contributed by atoms with E-state index in [4.69, 9.17) is 14.2 Å². The van der Waals surface area contributed by atoms with Crippen LogP contribution in [0, 0.1) is 0 Å². The molecule has 1 saturated heterocycles. The number of carbonyl (C=O) groups excluding carboxylic acids is 2. The van der Waals surface area contributed by atoms with Crippen LogP contribution in [0.4, 0.5) is 0 Å². The highest BCUT2D eigenvalue weighted by atomic mass is 32.2. The minimum atomic E-state index is -0.599. The fourth-order valence-corrected chi connectivity index (χ4v) is 6.34. The Morgan fingerprint density at radius 3 is 2.10 bits per heavy atom. The van der Waals surface area contributed by atoms with Gasteiger partial charge in [-0.2, -0.15) is 0 Å². The van der Waals surface area contributed by atoms with Gasteiger partial charge in [0, 0.05) is 22.6 Å². The molecule has 0 radical (unpaired) electrons. The molecule has 214 valence electrons. The van der Waals surface area contributed by atoms with Crippen molar-refractivity contribution in [1.29, 1.82) is 0 Å². The molecule has 1 fully saturated rings. The summed E-state index contributed by atoms with van der Waals surface area (Å²) in [5.41, 5.74) is 4.44. The Balaban J connectivity index is 1.19. The van der Waals surface area contributed by atoms with Crippen molar-refractivity contribution in [2.24, 2.45) is 0 Å². The van der Waals surface area contributed by atoms with Gasteiger partial charge in [0.05, 0.1) is 43.6 Å². The highest BCUT2D eigenvalue weighted by Gasteiger charge is 2.35. The monoisotopic (exact) mass is 581 g/mol. The Hall–Kier alpha value is -3.95. The van der Waals surface area contributed by atoms with E-state index >= 15 is 0 Å². The first-order valence-electron chi connectivity index (χ1n) is 13.8. The van der Waals surface area contributed by atoms with Gasteiger partial charge in [-0.1, -0.05) is 72.8 Å². The van der Waals surface area contributed by atoms with Crippen LogP contribution in [-0.4, -0.2) is 40.8 Å². The maximum atomic E-state index is 12.8. The van der Waals surface area contributed by atoms with Crippen LogP contribution in [0.3, 0.4) is 0 Å². The van der Waals surface area contributed by atoms with Crippen molar-refractivity contribution in [3.63, 3.8) is 0 Å². The molecule has 1 N–H and O–H groups in total. The number of thioether (sulfide) groups is 1. The first kappa shape index (κ1) is 28.2. The molecule has 2 heterocycles. The Kier molecular flexibility index (Phi) is 8.39. The minimum Gasteiger partial charge on any atom is -0.496 e. The molecule has 6 rings (SSSR count). The van der Waals surface area contributed by atoms with Gasteiger partial charge in [-0.25, -0.2) is 0 Å². The summed E-state index contributed by atoms with van der Waals surface area (Å²) in [6.07, 6.45) is -0.218. The van der Waals surface area contributed by atoms with E-state index in [1.54, 1.807) is 43.1 Å². The molecule has 4 aromatic carbocycles. The maximum absolute atomic E-state index is 12.8. The molecule has 0 saturated carbocycles. The van der Waals surface area contributed by atoms with Crippen molar-refractivity contribution in [2.45, 2.75) is 43.0 Å². The molecule has 0 spiro atoms. The summed E-state index contributed by atoms with van der Waals surface area (Å²) in [4.78, 5) is 28.0. The quantitative estimate of drug-likeness (QED) is 0.183. The largest absolute Gasteiger partial charge is 0.496 e. The summed E-state index contributed by atoms with van der Waals surface area (Å²) >= 11 is 1.69. The van der Waals surface area contributed by atoms with Crippen LogP contribution in [0.1, 0.15) is 61.8 Å². The highest BCUT2D eigenvalue weighted by Crippen LogP contribution is 2.40. The SMILES string of the molecule is COc1ccccc1SCC1CC(c2ccc(CO)cc2)OC(c2ccc(CN3C(=O)c4ccccc4C3=O)cc2)O1. The standard InChI is InChI=1S/C34H31NO6S/c1-39-29-8-4-5-9-31(29)42-21-26-18-30(24-14-12-23(20-36)13-15-24)41-34(40-26)25-16-10-22(11-17-25)19-35-32(37)27-6-2-3-7-28(27)33(35)38/h2-17,26,30,34,36H,18-21H2,1H3. The maximum Gasteiger partial charge on any atom is 0.261 e. The third-order valence-electron chi connectivity index (χ3n) is 7.58. The number of methoxy groups -OCH3 is 1. The van der Waals surface area contributed by atoms with Crippen LogP contribution in [-0.2, 0) is 22.6 Å². The van der Waals surface area contributed by atoms with Crippen molar-refractivity contribution >= 4 is 23.6 Å². The lowest BCUT2D eigenvalue weighted by atomic mass is 10.0. The number of imide groups is 1. The van der Waals surface area contributed by atoms with Crippen LogP contribution in [0.5, 0.6) is 5.75 Å². The summed E-state index contributed by atoms with van der Waals surface area (Å²) in [6, 6.07) is 30.3. The van der Waals surface area contributed by atoms with E-state index in [1.165, 1.54) is 4.90 Å². The summed E-state index contributed by atoms with van der Waals surface area (Å²) in [7, 11) is 1.67. The van der Waals surface area contributed by atoms with Crippen LogP contribution >= 0.6 is 11.8 Å². The molecule has 8 heteroatoms. The lowest BCUT2D eigenvalue weighted by Gasteiger charge is -2.36. The number of aliphatic hydroxyl groups excluding tert-OH is 1. The number of fused-ring (bicyclic) bond motifs is 1. The zero-order valence-electron chi connectivity index (χ0n) is 23.1. The van der Waals surface area contributed by atoms with Crippen molar-refractivity contribution in [2.75, 3.05) is 12.9 Å². The van der Waals surface area contributed by atoms with Gasteiger partial charge in [0.15, 0.2) is 6.29 Å². The van der Waals surface area contributed by atoms with E-state index in [2.05, 4.69) is 0 Å². The molecule has 42 heavy (non-hydrogen) atoms. The van der Waals surface area contributed by atoms with Gasteiger partial charge < -0.3 is 19.3 Å². The normalized spacial score (nSPS) is 20.0. The molecule has 3 unspecified atom stereocenters. The first-order valence-corrected chi connectivity index (χ1v) is 14.8. The number of nitrogens with zero attached hydrogens (tertiary/aromatic N) is 1. The molecule has 3 atom stereocenters. The zero-order valence-corrected chi connectivity index (χ0v) is 24.0. The Morgan fingerprint density at radius 1 is 0.810 bits per heavy atom. The predicted octanol–water partition coefficient (Wildman–Crippen LogP) is 6.32. The fraction of sp³-hybridized carbons (Fsp3) is 0.235. The van der Waals surface area contributed by atoms with Gasteiger partial charge in [0.2, 0.25) is 0 Å². The molecule has 2 amide bonds. The molecular formula is C34H31NO6S. The van der Waals surface area contributed by atoms with Gasteiger partial charge in [0.1, 0.15) is 5.75 Å². The number of aliphatic hydroxyl groups is 1. The number of benzene rings is 4. The number of carbonyl (C=O) groups is 2. The van der Waals surface area contributed by atoms with Gasteiger partial charge in [-0.05, 0) is 41.0 Å². The van der Waals surface area contributed by atoms with E-state index < -0.39 is 6.29 Å². The Morgan fingerprint density at radius 2 is 1.43 bits per heavy atom. The van der Waals surface area contributed by atoms with Crippen LogP contribution in [0.25, 0.3) is 0 Å². The molecule has 0 aromatic heterocycles. The number of para-hydroxylation sites is 1. The molecular weight excluding hydrogens is 550 g/mol. The van der Waals surface area contributed by atoms with Gasteiger partial charge in [-0.15, -0.1) is 11.8 Å². The molecule has 2 aliphatic heterocycles. The number of ether oxygens (including phenoxy) is 3. The van der Waals surface area contributed by atoms with Crippen molar-refractivity contribution in [3.8, 4) is 5.75 Å². The van der Waals surface area contributed by atoms with Crippen LogP contribution < -0.4 is 4.74 Å². The minimum absolute atomic E-state index is 0.0111. The Labute approximate surface area is 249 Å². The summed E-state index contributed by atoms with van der Waals surface area (Å²) in [5, 5.41) is 9.47. The van der Waals surface area contributed by atoms with Crippen LogP contribution in [0.2, 0.25) is 0 Å². The topological polar surface area (TPSA) is 85.3 Å². The third kappa shape index (κ3) is 5.84. The van der Waals surface area contributed by atoms with Gasteiger partial charge >= 0.3 is 0 Å². The second-order valence-electron chi connectivity index (χ2n) is 10.3. The number of rotatable bonds is 9. The highest BCUT2D eigenvalue weighted by molar-refractivity contribution is 7.99. The van der Waals surface area contributed by atoms with E-state index in [1.807, 2.05) is 72.8 Å². The predicted molar refractivity (Wildman–Crippen MR) is 159 cm³/mol. The van der Waals surface area contributed by atoms with E-state index in [9.17, 15) is 14.7 Å². The smallest absolute Gasteiger partial charge is 0.261 e. The average Bonchev–Trinajstić information content (AvgIpc) is 3.29. The van der Waals surface area contributed by atoms with E-state index in [0.29, 0.717) is 23.3 Å². The Bertz CT molecular complexity index is 1540. The van der Waals surface area contributed by atoms with Gasteiger partial charge in [0.25, 0.3) is 11.8 Å². The molecule has 2 aliphatic rings.